The van der Waals surface area contributed by atoms with E-state index in [1.165, 1.54) is 11.6 Å². The normalized spacial score (nSPS) is 10.5. The van der Waals surface area contributed by atoms with Gasteiger partial charge < -0.3 is 10.5 Å². The lowest BCUT2D eigenvalue weighted by Crippen LogP contribution is -2.38. The van der Waals surface area contributed by atoms with Gasteiger partial charge in [-0.05, 0) is 6.92 Å². The summed E-state index contributed by atoms with van der Waals surface area (Å²) in [7, 11) is -4.00. The molecule has 0 saturated heterocycles. The van der Waals surface area contributed by atoms with Crippen LogP contribution in [0.1, 0.15) is 6.92 Å². The molecule has 0 rings (SSSR count). The van der Waals surface area contributed by atoms with Gasteiger partial charge in [-0.1, -0.05) is 0 Å². The van der Waals surface area contributed by atoms with Crippen molar-refractivity contribution in [2.24, 2.45) is 5.73 Å². The molecule has 8 heteroatoms. The number of sulfonamides is 1. The molecule has 2 amide bonds. The maximum atomic E-state index is 10.8. The van der Waals surface area contributed by atoms with Gasteiger partial charge >= 0.3 is 12.0 Å². The van der Waals surface area contributed by atoms with Crippen molar-refractivity contribution in [3.8, 4) is 0 Å². The highest BCUT2D eigenvalue weighted by molar-refractivity contribution is 7.90. The summed E-state index contributed by atoms with van der Waals surface area (Å²) >= 11 is 0. The molecule has 0 atom stereocenters. The van der Waals surface area contributed by atoms with Crippen molar-refractivity contribution in [1.29, 1.82) is 0 Å². The Labute approximate surface area is 75.3 Å². The van der Waals surface area contributed by atoms with Gasteiger partial charge in [0.05, 0.1) is 6.61 Å². The largest absolute Gasteiger partial charge is 0.465 e. The number of carbonyl (C=O) groups is 2. The summed E-state index contributed by atoms with van der Waals surface area (Å²) in [6, 6.07) is -1.23. The average molecular weight is 210 g/mol. The summed E-state index contributed by atoms with van der Waals surface area (Å²) in [5, 5.41) is 0. The number of urea groups is 1. The third-order valence-electron chi connectivity index (χ3n) is 0.869. The predicted octanol–water partition coefficient (Wildman–Crippen LogP) is -1.45. The Morgan fingerprint density at radius 3 is 2.38 bits per heavy atom. The first-order valence-electron chi connectivity index (χ1n) is 3.33. The van der Waals surface area contributed by atoms with Gasteiger partial charge in [-0.15, -0.1) is 0 Å². The van der Waals surface area contributed by atoms with Crippen LogP contribution in [0, 0.1) is 0 Å². The fourth-order valence-corrected chi connectivity index (χ4v) is 1.32. The number of primary amides is 1. The van der Waals surface area contributed by atoms with Crippen molar-refractivity contribution in [3.05, 3.63) is 0 Å². The molecule has 0 aromatic carbocycles. The summed E-state index contributed by atoms with van der Waals surface area (Å²) in [6.07, 6.45) is 0. The molecule has 0 aliphatic rings. The summed E-state index contributed by atoms with van der Waals surface area (Å²) in [5.74, 6) is -1.85. The minimum atomic E-state index is -4.00. The summed E-state index contributed by atoms with van der Waals surface area (Å²) < 4.78 is 27.4. The monoisotopic (exact) mass is 210 g/mol. The molecule has 7 nitrogen and oxygen atoms in total. The number of nitrogens with two attached hydrogens (primary N) is 1. The van der Waals surface area contributed by atoms with Gasteiger partial charge in [0.1, 0.15) is 0 Å². The molecule has 0 saturated carbocycles. The highest BCUT2D eigenvalue weighted by atomic mass is 32.2. The number of hydrogen-bond acceptors (Lipinski definition) is 5. The van der Waals surface area contributed by atoms with E-state index in [0.717, 1.165) is 0 Å². The SMILES string of the molecule is CCOC(=O)CS(=O)(=O)NC(N)=O. The zero-order valence-electron chi connectivity index (χ0n) is 6.94. The third-order valence-corrected chi connectivity index (χ3v) is 2.00. The molecule has 0 aliphatic carbocycles. The molecule has 0 bridgehead atoms. The topological polar surface area (TPSA) is 116 Å². The maximum Gasteiger partial charge on any atom is 0.325 e. The fraction of sp³-hybridized carbons (Fsp3) is 0.600. The van der Waals surface area contributed by atoms with Crippen LogP contribution in [0.15, 0.2) is 0 Å². The van der Waals surface area contributed by atoms with Crippen molar-refractivity contribution < 1.29 is 22.7 Å². The second-order valence-corrected chi connectivity index (χ2v) is 3.75. The second kappa shape index (κ2) is 4.65. The Kier molecular flexibility index (Phi) is 4.18. The predicted molar refractivity (Wildman–Crippen MR) is 43.1 cm³/mol. The number of hydrogen-bond donors (Lipinski definition) is 2. The first kappa shape index (κ1) is 11.7. The van der Waals surface area contributed by atoms with Crippen LogP contribution in [0.5, 0.6) is 0 Å². The van der Waals surface area contributed by atoms with Crippen molar-refractivity contribution in [2.75, 3.05) is 12.4 Å². The molecule has 0 aromatic heterocycles. The van der Waals surface area contributed by atoms with Crippen molar-refractivity contribution in [3.63, 3.8) is 0 Å². The van der Waals surface area contributed by atoms with Crippen LogP contribution in [0.3, 0.4) is 0 Å². The van der Waals surface area contributed by atoms with Gasteiger partial charge in [0, 0.05) is 0 Å². The first-order valence-corrected chi connectivity index (χ1v) is 4.98. The Morgan fingerprint density at radius 2 is 2.00 bits per heavy atom. The van der Waals surface area contributed by atoms with Crippen molar-refractivity contribution >= 4 is 22.0 Å². The highest BCUT2D eigenvalue weighted by Crippen LogP contribution is 1.87. The number of nitrogens with one attached hydrogen (secondary N) is 1. The Morgan fingerprint density at radius 1 is 1.46 bits per heavy atom. The van der Waals surface area contributed by atoms with E-state index in [2.05, 4.69) is 10.5 Å². The second-order valence-electron chi connectivity index (χ2n) is 2.03. The quantitative estimate of drug-likeness (QED) is 0.550. The molecule has 3 N–H and O–H groups in total. The zero-order chi connectivity index (χ0) is 10.5. The molecule has 0 fully saturated rings. The van der Waals surface area contributed by atoms with Crippen LogP contribution >= 0.6 is 0 Å². The van der Waals surface area contributed by atoms with E-state index in [1.54, 1.807) is 0 Å². The average Bonchev–Trinajstić information content (AvgIpc) is 1.81. The summed E-state index contributed by atoms with van der Waals surface area (Å²) in [4.78, 5) is 20.8. The number of carbonyl (C=O) groups excluding carboxylic acids is 2. The van der Waals surface area contributed by atoms with Gasteiger partial charge in [0.2, 0.25) is 10.0 Å². The van der Waals surface area contributed by atoms with Crippen LogP contribution in [-0.2, 0) is 19.6 Å². The molecule has 0 aromatic rings. The van der Waals surface area contributed by atoms with Crippen LogP contribution in [0.4, 0.5) is 4.79 Å². The van der Waals surface area contributed by atoms with E-state index in [9.17, 15) is 18.0 Å². The lowest BCUT2D eigenvalue weighted by atomic mass is 10.8. The van der Waals surface area contributed by atoms with Gasteiger partial charge in [0.15, 0.2) is 5.75 Å². The molecular weight excluding hydrogens is 200 g/mol. The summed E-state index contributed by atoms with van der Waals surface area (Å²) in [6.45, 7) is 1.61. The van der Waals surface area contributed by atoms with Gasteiger partial charge in [0.25, 0.3) is 0 Å². The van der Waals surface area contributed by atoms with Gasteiger partial charge in [-0.3, -0.25) is 4.79 Å². The number of amides is 2. The van der Waals surface area contributed by atoms with Crippen LogP contribution < -0.4 is 10.5 Å². The minimum absolute atomic E-state index is 0.0743. The van der Waals surface area contributed by atoms with Crippen LogP contribution in [-0.4, -0.2) is 32.8 Å². The molecule has 0 heterocycles. The van der Waals surface area contributed by atoms with Crippen LogP contribution in [0.25, 0.3) is 0 Å². The molecule has 0 aliphatic heterocycles. The molecule has 0 radical (unpaired) electrons. The molecular formula is C5H10N2O5S. The number of ether oxygens (including phenoxy) is 1. The highest BCUT2D eigenvalue weighted by Gasteiger charge is 2.18. The molecule has 0 spiro atoms. The van der Waals surface area contributed by atoms with Crippen LogP contribution in [0.2, 0.25) is 0 Å². The van der Waals surface area contributed by atoms with Crippen molar-refractivity contribution in [2.45, 2.75) is 6.92 Å². The Hall–Kier alpha value is -1.31. The molecule has 76 valence electrons. The third kappa shape index (κ3) is 5.91. The van der Waals surface area contributed by atoms with Crippen molar-refractivity contribution in [1.82, 2.24) is 4.72 Å². The van der Waals surface area contributed by atoms with E-state index < -0.39 is 27.8 Å². The lowest BCUT2D eigenvalue weighted by Gasteiger charge is -2.03. The smallest absolute Gasteiger partial charge is 0.325 e. The maximum absolute atomic E-state index is 10.8. The molecule has 13 heavy (non-hydrogen) atoms. The molecule has 0 unspecified atom stereocenters. The van der Waals surface area contributed by atoms with E-state index in [4.69, 9.17) is 0 Å². The standard InChI is InChI=1S/C5H10N2O5S/c1-2-12-4(8)3-13(10,11)7-5(6)9/h2-3H2,1H3,(H3,6,7,9). The zero-order valence-corrected chi connectivity index (χ0v) is 7.76. The lowest BCUT2D eigenvalue weighted by molar-refractivity contribution is -0.139. The number of esters is 1. The van der Waals surface area contributed by atoms with Gasteiger partial charge in [-0.2, -0.15) is 0 Å². The van der Waals surface area contributed by atoms with E-state index in [0.29, 0.717) is 0 Å². The first-order chi connectivity index (χ1) is 5.87. The Balaban J connectivity index is 4.18. The van der Waals surface area contributed by atoms with E-state index >= 15 is 0 Å². The Bertz CT molecular complexity index is 296. The van der Waals surface area contributed by atoms with E-state index in [1.807, 2.05) is 0 Å². The minimum Gasteiger partial charge on any atom is -0.465 e. The van der Waals surface area contributed by atoms with E-state index in [-0.39, 0.29) is 6.61 Å². The number of rotatable bonds is 4. The van der Waals surface area contributed by atoms with Gasteiger partial charge in [-0.25, -0.2) is 17.9 Å². The fourth-order valence-electron chi connectivity index (χ4n) is 0.547. The summed E-state index contributed by atoms with van der Waals surface area (Å²) in [5.41, 5.74) is 4.55.